The van der Waals surface area contributed by atoms with Gasteiger partial charge >= 0.3 is 0 Å². The second-order valence-electron chi connectivity index (χ2n) is 7.42. The van der Waals surface area contributed by atoms with E-state index in [4.69, 9.17) is 9.47 Å². The maximum Gasteiger partial charge on any atom is 0.244 e. The maximum atomic E-state index is 13.1. The van der Waals surface area contributed by atoms with Gasteiger partial charge in [0.25, 0.3) is 0 Å². The highest BCUT2D eigenvalue weighted by Crippen LogP contribution is 2.28. The van der Waals surface area contributed by atoms with Gasteiger partial charge in [0.2, 0.25) is 15.9 Å². The number of nitrogens with zero attached hydrogens (tertiary/aromatic N) is 2. The van der Waals surface area contributed by atoms with E-state index in [9.17, 15) is 17.6 Å². The Bertz CT molecular complexity index is 1080. The van der Waals surface area contributed by atoms with Crippen molar-refractivity contribution in [2.75, 3.05) is 57.6 Å². The molecule has 10 heteroatoms. The molecule has 0 bridgehead atoms. The molecule has 0 radical (unpaired) electrons. The number of sulfonamides is 1. The van der Waals surface area contributed by atoms with Crippen LogP contribution in [0.25, 0.3) is 6.08 Å². The second kappa shape index (κ2) is 11.2. The van der Waals surface area contributed by atoms with Crippen LogP contribution in [0.2, 0.25) is 0 Å². The number of carbonyl (C=O) groups is 1. The van der Waals surface area contributed by atoms with Crippen LogP contribution < -0.4 is 19.7 Å². The zero-order valence-corrected chi connectivity index (χ0v) is 19.5. The first-order valence-corrected chi connectivity index (χ1v) is 12.1. The van der Waals surface area contributed by atoms with E-state index in [1.165, 1.54) is 29.6 Å². The van der Waals surface area contributed by atoms with Crippen LogP contribution >= 0.6 is 0 Å². The average molecular weight is 478 g/mol. The average Bonchev–Trinajstić information content (AvgIpc) is 2.83. The number of amides is 1. The number of nitrogens with one attached hydrogen (secondary N) is 1. The number of halogens is 1. The molecule has 1 saturated heterocycles. The molecule has 0 saturated carbocycles. The quantitative estimate of drug-likeness (QED) is 0.557. The van der Waals surface area contributed by atoms with Crippen molar-refractivity contribution in [2.24, 2.45) is 0 Å². The van der Waals surface area contributed by atoms with E-state index in [2.05, 4.69) is 5.32 Å². The van der Waals surface area contributed by atoms with Crippen LogP contribution in [0.1, 0.15) is 5.56 Å². The maximum absolute atomic E-state index is 13.1. The van der Waals surface area contributed by atoms with Crippen molar-refractivity contribution in [1.29, 1.82) is 0 Å². The summed E-state index contributed by atoms with van der Waals surface area (Å²) < 4.78 is 50.2. The van der Waals surface area contributed by atoms with E-state index in [-0.39, 0.29) is 24.0 Å². The number of ether oxygens (including phenoxy) is 2. The van der Waals surface area contributed by atoms with Gasteiger partial charge in [-0.15, -0.1) is 0 Å². The summed E-state index contributed by atoms with van der Waals surface area (Å²) in [6.07, 6.45) is 2.95. The summed E-state index contributed by atoms with van der Waals surface area (Å²) in [5, 5.41) is 2.61. The molecule has 33 heavy (non-hydrogen) atoms. The van der Waals surface area contributed by atoms with Gasteiger partial charge in [0.1, 0.15) is 5.82 Å². The minimum atomic E-state index is -3.50. The van der Waals surface area contributed by atoms with E-state index < -0.39 is 10.0 Å². The Kier molecular flexibility index (Phi) is 8.29. The van der Waals surface area contributed by atoms with Gasteiger partial charge in [0.15, 0.2) is 11.5 Å². The van der Waals surface area contributed by atoms with E-state index in [0.717, 1.165) is 11.3 Å². The first-order valence-electron chi connectivity index (χ1n) is 10.5. The molecule has 2 aromatic rings. The summed E-state index contributed by atoms with van der Waals surface area (Å²) in [5.74, 6) is 0.259. The standard InChI is InChI=1S/C23H28FN3O5S/c1-31-21-9-3-18(17-22(21)32-2)4-10-23(28)25-11-16-33(29,30)27-14-12-26(13-15-27)20-7-5-19(24)6-8-20/h3-10,17H,11-16H2,1-2H3,(H,25,28)/b10-4+. The van der Waals surface area contributed by atoms with E-state index >= 15 is 0 Å². The smallest absolute Gasteiger partial charge is 0.244 e. The van der Waals surface area contributed by atoms with Gasteiger partial charge in [-0.25, -0.2) is 12.8 Å². The molecule has 1 fully saturated rings. The lowest BCUT2D eigenvalue weighted by Gasteiger charge is -2.35. The monoisotopic (exact) mass is 477 g/mol. The van der Waals surface area contributed by atoms with Crippen molar-refractivity contribution < 1.29 is 27.1 Å². The van der Waals surface area contributed by atoms with Crippen molar-refractivity contribution in [1.82, 2.24) is 9.62 Å². The van der Waals surface area contributed by atoms with Crippen LogP contribution in [-0.4, -0.2) is 71.3 Å². The molecule has 1 N–H and O–H groups in total. The Labute approximate surface area is 193 Å². The summed E-state index contributed by atoms with van der Waals surface area (Å²) >= 11 is 0. The third-order valence-corrected chi connectivity index (χ3v) is 7.19. The second-order valence-corrected chi connectivity index (χ2v) is 9.51. The number of anilines is 1. The van der Waals surface area contributed by atoms with Crippen molar-refractivity contribution in [3.63, 3.8) is 0 Å². The fourth-order valence-electron chi connectivity index (χ4n) is 3.50. The molecular formula is C23H28FN3O5S. The largest absolute Gasteiger partial charge is 0.493 e. The number of piperazine rings is 1. The van der Waals surface area contributed by atoms with Gasteiger partial charge in [-0.3, -0.25) is 4.79 Å². The van der Waals surface area contributed by atoms with Crippen LogP contribution in [-0.2, 0) is 14.8 Å². The number of carbonyl (C=O) groups excluding carboxylic acids is 1. The van der Waals surface area contributed by atoms with Crippen molar-refractivity contribution in [3.8, 4) is 11.5 Å². The number of methoxy groups -OCH3 is 2. The highest BCUT2D eigenvalue weighted by Gasteiger charge is 2.26. The SMILES string of the molecule is COc1ccc(/C=C/C(=O)NCCS(=O)(=O)N2CCN(c3ccc(F)cc3)CC2)cc1OC. The molecular weight excluding hydrogens is 449 g/mol. The lowest BCUT2D eigenvalue weighted by molar-refractivity contribution is -0.116. The minimum Gasteiger partial charge on any atom is -0.493 e. The molecule has 1 aliphatic rings. The Morgan fingerprint density at radius 2 is 1.70 bits per heavy atom. The topological polar surface area (TPSA) is 88.2 Å². The normalized spacial score (nSPS) is 14.9. The van der Waals surface area contributed by atoms with Crippen LogP contribution in [0.5, 0.6) is 11.5 Å². The van der Waals surface area contributed by atoms with E-state index in [1.807, 2.05) is 4.90 Å². The molecule has 0 aliphatic carbocycles. The van der Waals surface area contributed by atoms with Crippen LogP contribution in [0.15, 0.2) is 48.5 Å². The third kappa shape index (κ3) is 6.69. The fraction of sp³-hybridized carbons (Fsp3) is 0.348. The van der Waals surface area contributed by atoms with E-state index in [0.29, 0.717) is 37.7 Å². The van der Waals surface area contributed by atoms with Gasteiger partial charge < -0.3 is 19.7 Å². The Hall–Kier alpha value is -3.11. The van der Waals surface area contributed by atoms with Gasteiger partial charge in [-0.05, 0) is 48.0 Å². The highest BCUT2D eigenvalue weighted by molar-refractivity contribution is 7.89. The number of benzene rings is 2. The molecule has 2 aromatic carbocycles. The summed E-state index contributed by atoms with van der Waals surface area (Å²) in [7, 11) is -0.427. The zero-order valence-electron chi connectivity index (χ0n) is 18.7. The lowest BCUT2D eigenvalue weighted by Crippen LogP contribution is -2.50. The molecule has 1 aliphatic heterocycles. The summed E-state index contributed by atoms with van der Waals surface area (Å²) in [6, 6.07) is 11.4. The number of rotatable bonds is 9. The van der Waals surface area contributed by atoms with Crippen LogP contribution in [0, 0.1) is 5.82 Å². The molecule has 0 unspecified atom stereocenters. The lowest BCUT2D eigenvalue weighted by atomic mass is 10.2. The first kappa shape index (κ1) is 24.5. The predicted octanol–water partition coefficient (Wildman–Crippen LogP) is 2.12. The van der Waals surface area contributed by atoms with Crippen LogP contribution in [0.3, 0.4) is 0 Å². The molecule has 1 amide bonds. The third-order valence-electron chi connectivity index (χ3n) is 5.32. The number of hydrogen-bond acceptors (Lipinski definition) is 6. The molecule has 3 rings (SSSR count). The minimum absolute atomic E-state index is 0.00954. The van der Waals surface area contributed by atoms with Gasteiger partial charge in [-0.2, -0.15) is 4.31 Å². The summed E-state index contributed by atoms with van der Waals surface area (Å²) in [5.41, 5.74) is 1.61. The van der Waals surface area contributed by atoms with Crippen molar-refractivity contribution >= 4 is 27.7 Å². The Morgan fingerprint density at radius 1 is 1.03 bits per heavy atom. The van der Waals surface area contributed by atoms with Crippen molar-refractivity contribution in [3.05, 3.63) is 59.9 Å². The Balaban J connectivity index is 1.45. The molecule has 8 nitrogen and oxygen atoms in total. The van der Waals surface area contributed by atoms with Crippen molar-refractivity contribution in [2.45, 2.75) is 0 Å². The highest BCUT2D eigenvalue weighted by atomic mass is 32.2. The Morgan fingerprint density at radius 3 is 2.33 bits per heavy atom. The van der Waals surface area contributed by atoms with Gasteiger partial charge in [0, 0.05) is 44.5 Å². The fourth-order valence-corrected chi connectivity index (χ4v) is 4.83. The predicted molar refractivity (Wildman–Crippen MR) is 126 cm³/mol. The molecule has 178 valence electrons. The molecule has 0 spiro atoms. The van der Waals surface area contributed by atoms with Gasteiger partial charge in [-0.1, -0.05) is 6.07 Å². The molecule has 0 aromatic heterocycles. The summed E-state index contributed by atoms with van der Waals surface area (Å²) in [6.45, 7) is 1.73. The zero-order chi connectivity index (χ0) is 23.8. The number of hydrogen-bond donors (Lipinski definition) is 1. The summed E-state index contributed by atoms with van der Waals surface area (Å²) in [4.78, 5) is 14.1. The molecule has 1 heterocycles. The van der Waals surface area contributed by atoms with Gasteiger partial charge in [0.05, 0.1) is 20.0 Å². The van der Waals surface area contributed by atoms with Crippen LogP contribution in [0.4, 0.5) is 10.1 Å². The first-order chi connectivity index (χ1) is 15.8. The molecule has 0 atom stereocenters. The van der Waals surface area contributed by atoms with E-state index in [1.54, 1.807) is 43.5 Å².